The van der Waals surface area contributed by atoms with E-state index in [0.717, 1.165) is 28.1 Å². The Morgan fingerprint density at radius 3 is 2.54 bits per heavy atom. The standard InChI is InChI=1S/C22H20ClN3O2/c1-12-4-9-17(13(2)10-12)21(28)18-11-19(27)24-22-20(18)14(3)25-26(22)16-7-5-15(23)6-8-16/h4-10,18H,11H2,1-3H3,(H,24,27)/t18-/m0/s1. The van der Waals surface area contributed by atoms with E-state index in [-0.39, 0.29) is 18.1 Å². The van der Waals surface area contributed by atoms with Gasteiger partial charge in [-0.3, -0.25) is 9.59 Å². The summed E-state index contributed by atoms with van der Waals surface area (Å²) >= 11 is 5.99. The van der Waals surface area contributed by atoms with Crippen molar-refractivity contribution in [3.05, 3.63) is 75.4 Å². The number of fused-ring (bicyclic) bond motifs is 1. The third-order valence-electron chi connectivity index (χ3n) is 5.14. The number of anilines is 1. The smallest absolute Gasteiger partial charge is 0.226 e. The summed E-state index contributed by atoms with van der Waals surface area (Å²) in [6.45, 7) is 5.78. The molecule has 4 rings (SSSR count). The van der Waals surface area contributed by atoms with Gasteiger partial charge < -0.3 is 5.32 Å². The van der Waals surface area contributed by atoms with Gasteiger partial charge in [0, 0.05) is 22.6 Å². The zero-order chi connectivity index (χ0) is 20.0. The first-order valence-corrected chi connectivity index (χ1v) is 9.49. The second-order valence-corrected chi connectivity index (χ2v) is 7.66. The largest absolute Gasteiger partial charge is 0.310 e. The zero-order valence-electron chi connectivity index (χ0n) is 15.9. The van der Waals surface area contributed by atoms with Crippen molar-refractivity contribution in [1.29, 1.82) is 0 Å². The molecule has 0 bridgehead atoms. The molecule has 0 saturated carbocycles. The molecule has 3 aromatic rings. The van der Waals surface area contributed by atoms with Gasteiger partial charge in [-0.15, -0.1) is 0 Å². The highest BCUT2D eigenvalue weighted by Crippen LogP contribution is 2.38. The third-order valence-corrected chi connectivity index (χ3v) is 5.39. The van der Waals surface area contributed by atoms with Gasteiger partial charge in [0.05, 0.1) is 17.3 Å². The fourth-order valence-corrected chi connectivity index (χ4v) is 3.94. The molecule has 1 atom stereocenters. The van der Waals surface area contributed by atoms with Gasteiger partial charge in [0.2, 0.25) is 5.91 Å². The number of aryl methyl sites for hydroxylation is 3. The number of rotatable bonds is 3. The second-order valence-electron chi connectivity index (χ2n) is 7.22. The van der Waals surface area contributed by atoms with Crippen molar-refractivity contribution in [2.45, 2.75) is 33.1 Å². The van der Waals surface area contributed by atoms with Crippen LogP contribution in [0.5, 0.6) is 0 Å². The molecule has 28 heavy (non-hydrogen) atoms. The Balaban J connectivity index is 1.82. The molecule has 0 aliphatic carbocycles. The van der Waals surface area contributed by atoms with Gasteiger partial charge >= 0.3 is 0 Å². The lowest BCUT2D eigenvalue weighted by atomic mass is 9.84. The summed E-state index contributed by atoms with van der Waals surface area (Å²) in [4.78, 5) is 25.8. The molecule has 142 valence electrons. The number of amides is 1. The van der Waals surface area contributed by atoms with E-state index >= 15 is 0 Å². The molecule has 1 aromatic heterocycles. The Morgan fingerprint density at radius 2 is 1.86 bits per heavy atom. The van der Waals surface area contributed by atoms with Crippen molar-refractivity contribution in [2.24, 2.45) is 0 Å². The second kappa shape index (κ2) is 6.91. The molecule has 1 aliphatic rings. The van der Waals surface area contributed by atoms with Crippen LogP contribution < -0.4 is 5.32 Å². The lowest BCUT2D eigenvalue weighted by molar-refractivity contribution is -0.116. The van der Waals surface area contributed by atoms with Gasteiger partial charge in [0.25, 0.3) is 0 Å². The van der Waals surface area contributed by atoms with Crippen LogP contribution in [0.25, 0.3) is 5.69 Å². The molecule has 1 N–H and O–H groups in total. The third kappa shape index (κ3) is 3.12. The minimum atomic E-state index is -0.550. The van der Waals surface area contributed by atoms with Crippen molar-refractivity contribution < 1.29 is 9.59 Å². The van der Waals surface area contributed by atoms with Gasteiger partial charge in [-0.2, -0.15) is 5.10 Å². The van der Waals surface area contributed by atoms with E-state index in [1.807, 2.05) is 51.1 Å². The van der Waals surface area contributed by atoms with E-state index < -0.39 is 5.92 Å². The highest BCUT2D eigenvalue weighted by atomic mass is 35.5. The lowest BCUT2D eigenvalue weighted by Gasteiger charge is -2.23. The predicted octanol–water partition coefficient (Wildman–Crippen LogP) is 4.76. The van der Waals surface area contributed by atoms with Crippen LogP contribution in [-0.4, -0.2) is 21.5 Å². The van der Waals surface area contributed by atoms with Crippen LogP contribution in [0.15, 0.2) is 42.5 Å². The molecule has 6 heteroatoms. The molecule has 0 fully saturated rings. The summed E-state index contributed by atoms with van der Waals surface area (Å²) in [6.07, 6.45) is 0.117. The van der Waals surface area contributed by atoms with Crippen LogP contribution in [0.4, 0.5) is 5.82 Å². The number of hydrogen-bond donors (Lipinski definition) is 1. The van der Waals surface area contributed by atoms with Gasteiger partial charge in [-0.05, 0) is 50.6 Å². The number of carbonyl (C=O) groups is 2. The monoisotopic (exact) mass is 393 g/mol. The van der Waals surface area contributed by atoms with Crippen LogP contribution in [-0.2, 0) is 4.79 Å². The van der Waals surface area contributed by atoms with E-state index in [0.29, 0.717) is 16.4 Å². The number of aromatic nitrogens is 2. The van der Waals surface area contributed by atoms with Crippen LogP contribution in [0.1, 0.15) is 45.1 Å². The van der Waals surface area contributed by atoms with Crippen molar-refractivity contribution in [3.8, 4) is 5.69 Å². The highest BCUT2D eigenvalue weighted by Gasteiger charge is 2.36. The molecule has 1 aliphatic heterocycles. The van der Waals surface area contributed by atoms with Crippen LogP contribution in [0, 0.1) is 20.8 Å². The van der Waals surface area contributed by atoms with Crippen LogP contribution in [0.2, 0.25) is 5.02 Å². The fourth-order valence-electron chi connectivity index (χ4n) is 3.82. The van der Waals surface area contributed by atoms with Gasteiger partial charge in [-0.1, -0.05) is 35.4 Å². The van der Waals surface area contributed by atoms with Gasteiger partial charge in [0.1, 0.15) is 5.82 Å². The summed E-state index contributed by atoms with van der Waals surface area (Å²) < 4.78 is 1.67. The molecule has 5 nitrogen and oxygen atoms in total. The van der Waals surface area contributed by atoms with E-state index in [4.69, 9.17) is 11.6 Å². The number of nitrogens with zero attached hydrogens (tertiary/aromatic N) is 2. The van der Waals surface area contributed by atoms with Gasteiger partial charge in [-0.25, -0.2) is 4.68 Å². The van der Waals surface area contributed by atoms with Crippen molar-refractivity contribution in [1.82, 2.24) is 9.78 Å². The molecular weight excluding hydrogens is 374 g/mol. The molecule has 1 amide bonds. The molecule has 0 radical (unpaired) electrons. The Bertz CT molecular complexity index is 1100. The first kappa shape index (κ1) is 18.4. The average Bonchev–Trinajstić information content (AvgIpc) is 2.97. The number of Topliss-reactive ketones (excluding diaryl/α,β-unsaturated/α-hetero) is 1. The topological polar surface area (TPSA) is 64.0 Å². The van der Waals surface area contributed by atoms with Crippen molar-refractivity contribution in [2.75, 3.05) is 5.32 Å². The first-order valence-electron chi connectivity index (χ1n) is 9.12. The lowest BCUT2D eigenvalue weighted by Crippen LogP contribution is -2.28. The number of halogens is 1. The van der Waals surface area contributed by atoms with E-state index in [9.17, 15) is 9.59 Å². The average molecular weight is 394 g/mol. The van der Waals surface area contributed by atoms with E-state index in [1.165, 1.54) is 0 Å². The van der Waals surface area contributed by atoms with Gasteiger partial charge in [0.15, 0.2) is 5.78 Å². The SMILES string of the molecule is Cc1ccc(C(=O)[C@H]2CC(=O)Nc3c2c(C)nn3-c2ccc(Cl)cc2)c(C)c1. The molecule has 2 heterocycles. The van der Waals surface area contributed by atoms with E-state index in [2.05, 4.69) is 10.4 Å². The molecular formula is C22H20ClN3O2. The number of carbonyl (C=O) groups excluding carboxylic acids is 2. The summed E-state index contributed by atoms with van der Waals surface area (Å²) in [5, 5.41) is 8.11. The number of hydrogen-bond acceptors (Lipinski definition) is 3. The number of ketones is 1. The van der Waals surface area contributed by atoms with Crippen LogP contribution in [0.3, 0.4) is 0 Å². The van der Waals surface area contributed by atoms with Crippen molar-refractivity contribution >= 4 is 29.1 Å². The maximum atomic E-state index is 13.3. The highest BCUT2D eigenvalue weighted by molar-refractivity contribution is 6.30. The first-order chi connectivity index (χ1) is 13.3. The summed E-state index contributed by atoms with van der Waals surface area (Å²) in [5.41, 5.74) is 4.94. The zero-order valence-corrected chi connectivity index (χ0v) is 16.7. The minimum Gasteiger partial charge on any atom is -0.310 e. The minimum absolute atomic E-state index is 0.0487. The molecule has 0 spiro atoms. The maximum absolute atomic E-state index is 13.3. The predicted molar refractivity (Wildman–Crippen MR) is 110 cm³/mol. The Hall–Kier alpha value is -2.92. The quantitative estimate of drug-likeness (QED) is 0.652. The Kier molecular flexibility index (Phi) is 4.55. The Labute approximate surface area is 168 Å². The fraction of sp³-hybridized carbons (Fsp3) is 0.227. The molecule has 0 unspecified atom stereocenters. The maximum Gasteiger partial charge on any atom is 0.226 e. The Morgan fingerprint density at radius 1 is 1.14 bits per heavy atom. The normalized spacial score (nSPS) is 15.9. The van der Waals surface area contributed by atoms with Crippen LogP contribution >= 0.6 is 11.6 Å². The number of nitrogens with one attached hydrogen (secondary N) is 1. The summed E-state index contributed by atoms with van der Waals surface area (Å²) in [7, 11) is 0. The van der Waals surface area contributed by atoms with Crippen molar-refractivity contribution in [3.63, 3.8) is 0 Å². The van der Waals surface area contributed by atoms with E-state index in [1.54, 1.807) is 16.8 Å². The molecule has 2 aromatic carbocycles. The number of benzene rings is 2. The molecule has 0 saturated heterocycles. The summed E-state index contributed by atoms with van der Waals surface area (Å²) in [5.74, 6) is -0.233. The summed E-state index contributed by atoms with van der Waals surface area (Å²) in [6, 6.07) is 13.0.